The average molecular weight is 250 g/mol. The van der Waals surface area contributed by atoms with E-state index in [4.69, 9.17) is 5.11 Å². The van der Waals surface area contributed by atoms with Crippen LogP contribution in [-0.2, 0) is 4.79 Å². The van der Waals surface area contributed by atoms with E-state index < -0.39 is 24.0 Å². The molecule has 1 amide bonds. The van der Waals surface area contributed by atoms with E-state index in [2.05, 4.69) is 4.98 Å². The number of hydrogen-bond donors (Lipinski definition) is 2. The molecule has 0 saturated carbocycles. The Kier molecular flexibility index (Phi) is 3.29. The topological polar surface area (TPSA) is 90.7 Å². The third kappa shape index (κ3) is 2.19. The van der Waals surface area contributed by atoms with Gasteiger partial charge in [-0.3, -0.25) is 9.78 Å². The van der Waals surface area contributed by atoms with Gasteiger partial charge in [-0.2, -0.15) is 0 Å². The molecule has 2 rings (SSSR count). The molecule has 2 heterocycles. The molecule has 0 spiro atoms. The Morgan fingerprint density at radius 3 is 2.83 bits per heavy atom. The van der Waals surface area contributed by atoms with Crippen LogP contribution in [0.3, 0.4) is 0 Å². The molecule has 6 nitrogen and oxygen atoms in total. The number of carbonyl (C=O) groups is 2. The van der Waals surface area contributed by atoms with Crippen LogP contribution in [-0.4, -0.2) is 50.7 Å². The lowest BCUT2D eigenvalue weighted by atomic mass is 10.1. The Morgan fingerprint density at radius 2 is 2.22 bits per heavy atom. The highest BCUT2D eigenvalue weighted by molar-refractivity contribution is 5.96. The quantitative estimate of drug-likeness (QED) is 0.774. The van der Waals surface area contributed by atoms with Crippen molar-refractivity contribution in [1.29, 1.82) is 0 Å². The fraction of sp³-hybridized carbons (Fsp3) is 0.417. The summed E-state index contributed by atoms with van der Waals surface area (Å²) in [5, 5.41) is 18.5. The first-order valence-electron chi connectivity index (χ1n) is 5.64. The van der Waals surface area contributed by atoms with E-state index in [-0.39, 0.29) is 18.7 Å². The van der Waals surface area contributed by atoms with Gasteiger partial charge >= 0.3 is 5.97 Å². The van der Waals surface area contributed by atoms with Crippen LogP contribution >= 0.6 is 0 Å². The number of pyridine rings is 1. The van der Waals surface area contributed by atoms with Gasteiger partial charge in [0.2, 0.25) is 0 Å². The Labute approximate surface area is 104 Å². The van der Waals surface area contributed by atoms with E-state index in [1.165, 1.54) is 11.1 Å². The highest BCUT2D eigenvalue weighted by Crippen LogP contribution is 2.21. The van der Waals surface area contributed by atoms with Crippen molar-refractivity contribution < 1.29 is 19.8 Å². The normalized spacial score (nSPS) is 23.1. The summed E-state index contributed by atoms with van der Waals surface area (Å²) >= 11 is 0. The number of carboxylic acid groups (broad SMARTS) is 1. The predicted molar refractivity (Wildman–Crippen MR) is 62.1 cm³/mol. The summed E-state index contributed by atoms with van der Waals surface area (Å²) in [7, 11) is 0. The van der Waals surface area contributed by atoms with Crippen LogP contribution in [0.25, 0.3) is 0 Å². The lowest BCUT2D eigenvalue weighted by Crippen LogP contribution is -2.41. The second-order valence-corrected chi connectivity index (χ2v) is 4.37. The van der Waals surface area contributed by atoms with Crippen molar-refractivity contribution in [3.05, 3.63) is 29.6 Å². The molecule has 0 unspecified atom stereocenters. The van der Waals surface area contributed by atoms with Gasteiger partial charge in [0, 0.05) is 19.2 Å². The number of carbonyl (C=O) groups excluding carboxylic acids is 1. The summed E-state index contributed by atoms with van der Waals surface area (Å²) in [5.41, 5.74) is 0.922. The number of amides is 1. The smallest absolute Gasteiger partial charge is 0.326 e. The molecule has 1 fully saturated rings. The highest BCUT2D eigenvalue weighted by Gasteiger charge is 2.39. The van der Waals surface area contributed by atoms with Crippen molar-refractivity contribution >= 4 is 11.9 Å². The van der Waals surface area contributed by atoms with Crippen LogP contribution in [0.5, 0.6) is 0 Å². The van der Waals surface area contributed by atoms with Gasteiger partial charge in [0.15, 0.2) is 0 Å². The number of likely N-dealkylation sites (tertiary alicyclic amines) is 1. The number of aliphatic carboxylic acids is 1. The highest BCUT2D eigenvalue weighted by atomic mass is 16.4. The van der Waals surface area contributed by atoms with Crippen LogP contribution < -0.4 is 0 Å². The molecule has 2 N–H and O–H groups in total. The lowest BCUT2D eigenvalue weighted by molar-refractivity contribution is -0.141. The number of aromatic nitrogens is 1. The van der Waals surface area contributed by atoms with Gasteiger partial charge in [-0.1, -0.05) is 6.07 Å². The van der Waals surface area contributed by atoms with Gasteiger partial charge in [0.25, 0.3) is 5.91 Å². The second-order valence-electron chi connectivity index (χ2n) is 4.37. The first kappa shape index (κ1) is 12.5. The van der Waals surface area contributed by atoms with E-state index in [1.807, 2.05) is 0 Å². The van der Waals surface area contributed by atoms with E-state index in [0.717, 1.165) is 0 Å². The minimum atomic E-state index is -1.10. The van der Waals surface area contributed by atoms with Crippen LogP contribution in [0.2, 0.25) is 0 Å². The Bertz CT molecular complexity index is 489. The minimum absolute atomic E-state index is 0.0335. The summed E-state index contributed by atoms with van der Waals surface area (Å²) in [6.45, 7) is 1.77. The fourth-order valence-corrected chi connectivity index (χ4v) is 2.12. The minimum Gasteiger partial charge on any atom is -0.480 e. The van der Waals surface area contributed by atoms with Crippen molar-refractivity contribution in [2.45, 2.75) is 25.5 Å². The zero-order valence-corrected chi connectivity index (χ0v) is 9.91. The Morgan fingerprint density at radius 1 is 1.50 bits per heavy atom. The SMILES string of the molecule is Cc1cccnc1C(=O)N1C[C@@H](O)C[C@H]1C(=O)O. The molecule has 96 valence electrons. The third-order valence-electron chi connectivity index (χ3n) is 3.04. The first-order valence-corrected chi connectivity index (χ1v) is 5.64. The summed E-state index contributed by atoms with van der Waals surface area (Å²) < 4.78 is 0. The molecule has 0 bridgehead atoms. The molecule has 0 radical (unpaired) electrons. The number of carboxylic acids is 1. The number of aryl methyl sites for hydroxylation is 1. The van der Waals surface area contributed by atoms with Gasteiger partial charge in [-0.25, -0.2) is 4.79 Å². The molecule has 6 heteroatoms. The molecular formula is C12H14N2O4. The van der Waals surface area contributed by atoms with Crippen LogP contribution in [0, 0.1) is 6.92 Å². The number of aliphatic hydroxyl groups is 1. The lowest BCUT2D eigenvalue weighted by Gasteiger charge is -2.21. The van der Waals surface area contributed by atoms with E-state index in [0.29, 0.717) is 5.56 Å². The van der Waals surface area contributed by atoms with Crippen LogP contribution in [0.4, 0.5) is 0 Å². The average Bonchev–Trinajstić information content (AvgIpc) is 2.71. The maximum atomic E-state index is 12.2. The maximum Gasteiger partial charge on any atom is 0.326 e. The Balaban J connectivity index is 2.28. The molecule has 1 aromatic heterocycles. The Hall–Kier alpha value is -1.95. The largest absolute Gasteiger partial charge is 0.480 e. The molecule has 2 atom stereocenters. The van der Waals surface area contributed by atoms with E-state index >= 15 is 0 Å². The molecule has 0 aliphatic carbocycles. The molecule has 1 aliphatic heterocycles. The number of nitrogens with zero attached hydrogens (tertiary/aromatic N) is 2. The van der Waals surface area contributed by atoms with Gasteiger partial charge in [-0.15, -0.1) is 0 Å². The summed E-state index contributed by atoms with van der Waals surface area (Å²) in [6, 6.07) is 2.47. The zero-order valence-electron chi connectivity index (χ0n) is 9.91. The summed E-state index contributed by atoms with van der Waals surface area (Å²) in [6.07, 6.45) is 0.759. The number of aliphatic hydroxyl groups excluding tert-OH is 1. The fourth-order valence-electron chi connectivity index (χ4n) is 2.12. The molecule has 1 aromatic rings. The van der Waals surface area contributed by atoms with E-state index in [9.17, 15) is 14.7 Å². The van der Waals surface area contributed by atoms with Crippen LogP contribution in [0.1, 0.15) is 22.5 Å². The monoisotopic (exact) mass is 250 g/mol. The molecule has 1 saturated heterocycles. The standard InChI is InChI=1S/C12H14N2O4/c1-7-3-2-4-13-10(7)11(16)14-6-8(15)5-9(14)12(17)18/h2-4,8-9,15H,5-6H2,1H3,(H,17,18)/t8-,9-/m0/s1. The zero-order chi connectivity index (χ0) is 13.3. The molecular weight excluding hydrogens is 236 g/mol. The second kappa shape index (κ2) is 4.73. The molecule has 0 aromatic carbocycles. The number of rotatable bonds is 2. The molecule has 18 heavy (non-hydrogen) atoms. The van der Waals surface area contributed by atoms with Crippen molar-refractivity contribution in [1.82, 2.24) is 9.88 Å². The number of β-amino-alcohol motifs (C(OH)–C–C–N with tert-alkyl or cyclic N) is 1. The van der Waals surface area contributed by atoms with Gasteiger partial charge < -0.3 is 15.1 Å². The van der Waals surface area contributed by atoms with Crippen molar-refractivity contribution in [2.75, 3.05) is 6.54 Å². The van der Waals surface area contributed by atoms with Gasteiger partial charge in [0.1, 0.15) is 11.7 Å². The summed E-state index contributed by atoms with van der Waals surface area (Å²) in [4.78, 5) is 28.4. The van der Waals surface area contributed by atoms with E-state index in [1.54, 1.807) is 19.1 Å². The van der Waals surface area contributed by atoms with Crippen LogP contribution in [0.15, 0.2) is 18.3 Å². The number of hydrogen-bond acceptors (Lipinski definition) is 4. The van der Waals surface area contributed by atoms with Crippen molar-refractivity contribution in [2.24, 2.45) is 0 Å². The molecule has 1 aliphatic rings. The van der Waals surface area contributed by atoms with Gasteiger partial charge in [0.05, 0.1) is 6.10 Å². The van der Waals surface area contributed by atoms with Gasteiger partial charge in [-0.05, 0) is 18.6 Å². The summed E-state index contributed by atoms with van der Waals surface area (Å²) in [5.74, 6) is -1.55. The maximum absolute atomic E-state index is 12.2. The first-order chi connectivity index (χ1) is 8.50. The predicted octanol–water partition coefficient (Wildman–Crippen LogP) is 0.0500. The third-order valence-corrected chi connectivity index (χ3v) is 3.04. The van der Waals surface area contributed by atoms with Crippen molar-refractivity contribution in [3.8, 4) is 0 Å². The van der Waals surface area contributed by atoms with Crippen molar-refractivity contribution in [3.63, 3.8) is 0 Å².